The normalized spacial score (nSPS) is 14.3. The summed E-state index contributed by atoms with van der Waals surface area (Å²) in [6.45, 7) is -0.0902. The second-order valence-electron chi connectivity index (χ2n) is 3.38. The average Bonchev–Trinajstić information content (AvgIpc) is 2.24. The molecule has 1 aliphatic heterocycles. The minimum absolute atomic E-state index is 0.0902. The zero-order chi connectivity index (χ0) is 12.5. The maximum absolute atomic E-state index is 10.7. The predicted octanol–water partition coefficient (Wildman–Crippen LogP) is -0.326. The molecule has 0 saturated heterocycles. The highest BCUT2D eigenvalue weighted by molar-refractivity contribution is 7.87. The van der Waals surface area contributed by atoms with Crippen molar-refractivity contribution >= 4 is 15.9 Å². The molecule has 1 heterocycles. The van der Waals surface area contributed by atoms with E-state index < -0.39 is 10.2 Å². The zero-order valence-corrected chi connectivity index (χ0v) is 9.53. The molecule has 0 fully saturated rings. The lowest BCUT2D eigenvalue weighted by Crippen LogP contribution is -2.33. The first kappa shape index (κ1) is 11.7. The number of ether oxygens (including phenoxy) is 2. The van der Waals surface area contributed by atoms with E-state index in [9.17, 15) is 8.42 Å². The van der Waals surface area contributed by atoms with Crippen LogP contribution in [0.15, 0.2) is 30.2 Å². The first-order chi connectivity index (χ1) is 7.94. The van der Waals surface area contributed by atoms with Gasteiger partial charge in [0.05, 0.1) is 6.54 Å². The summed E-state index contributed by atoms with van der Waals surface area (Å²) in [5.41, 5.74) is 6.11. The lowest BCUT2D eigenvalue weighted by molar-refractivity contribution is 0.319. The van der Waals surface area contributed by atoms with Crippen LogP contribution in [-0.4, -0.2) is 15.0 Å². The van der Waals surface area contributed by atoms with E-state index in [1.165, 1.54) is 6.26 Å². The van der Waals surface area contributed by atoms with E-state index in [4.69, 9.17) is 20.3 Å². The van der Waals surface area contributed by atoms with Crippen LogP contribution in [0.4, 0.5) is 5.69 Å². The summed E-state index contributed by atoms with van der Waals surface area (Å²) < 4.78 is 34.1. The molecule has 1 aromatic rings. The van der Waals surface area contributed by atoms with Gasteiger partial charge in [0.1, 0.15) is 6.26 Å². The smallest absolute Gasteiger partial charge is 0.274 e. The summed E-state index contributed by atoms with van der Waals surface area (Å²) in [5, 5.41) is 4.79. The van der Waals surface area contributed by atoms with Crippen molar-refractivity contribution in [1.29, 1.82) is 0 Å². The summed E-state index contributed by atoms with van der Waals surface area (Å²) in [6, 6.07) is 4.91. The maximum Gasteiger partial charge on any atom is 0.274 e. The van der Waals surface area contributed by atoms with Crippen molar-refractivity contribution in [3.8, 4) is 11.5 Å². The van der Waals surface area contributed by atoms with E-state index in [0.29, 0.717) is 17.2 Å². The van der Waals surface area contributed by atoms with Gasteiger partial charge in [-0.15, -0.1) is 0 Å². The third-order valence-electron chi connectivity index (χ3n) is 1.97. The fraction of sp³-hybridized carbons (Fsp3) is 0.111. The number of fused-ring (bicyclic) bond motifs is 1. The molecular weight excluding hydrogens is 246 g/mol. The Morgan fingerprint density at radius 2 is 2.06 bits per heavy atom. The van der Waals surface area contributed by atoms with E-state index in [1.807, 2.05) is 0 Å². The molecule has 0 bridgehead atoms. The van der Waals surface area contributed by atoms with Gasteiger partial charge in [0.15, 0.2) is 17.3 Å². The molecule has 0 aliphatic carbocycles. The molecule has 0 aromatic heterocycles. The number of benzene rings is 1. The van der Waals surface area contributed by atoms with Crippen LogP contribution in [0, 0.1) is 0 Å². The van der Waals surface area contributed by atoms with Gasteiger partial charge in [-0.3, -0.25) is 0 Å². The van der Waals surface area contributed by atoms with E-state index in [1.54, 1.807) is 18.2 Å². The molecule has 0 radical (unpaired) electrons. The summed E-state index contributed by atoms with van der Waals surface area (Å²) in [6.07, 6.45) is 1.30. The Kier molecular flexibility index (Phi) is 2.92. The number of hydrogen-bond donors (Lipinski definition) is 3. The van der Waals surface area contributed by atoms with Crippen LogP contribution in [0.25, 0.3) is 0 Å². The highest BCUT2D eigenvalue weighted by Crippen LogP contribution is 2.33. The molecule has 92 valence electrons. The summed E-state index contributed by atoms with van der Waals surface area (Å²) in [5.74, 6) is 1.23. The van der Waals surface area contributed by atoms with Crippen molar-refractivity contribution in [2.24, 2.45) is 5.14 Å². The van der Waals surface area contributed by atoms with E-state index in [0.717, 1.165) is 0 Å². The number of hydrogen-bond acceptors (Lipinski definition) is 5. The van der Waals surface area contributed by atoms with Gasteiger partial charge in [0.2, 0.25) is 0 Å². The molecule has 0 atom stereocenters. The quantitative estimate of drug-likeness (QED) is 0.641. The lowest BCUT2D eigenvalue weighted by Gasteiger charge is -2.18. The minimum Gasteiger partial charge on any atom is -0.457 e. The van der Waals surface area contributed by atoms with Crippen molar-refractivity contribution in [3.05, 3.63) is 30.2 Å². The Hall–Kier alpha value is -1.77. The van der Waals surface area contributed by atoms with Crippen LogP contribution in [0.5, 0.6) is 11.5 Å². The molecule has 0 spiro atoms. The average molecular weight is 257 g/mol. The lowest BCUT2D eigenvalue weighted by atomic mass is 10.2. The SMILES string of the molecule is Nc1ccc2c(c1)OC(CNS(N)(=O)=O)=CO2. The van der Waals surface area contributed by atoms with Gasteiger partial charge in [-0.05, 0) is 12.1 Å². The highest BCUT2D eigenvalue weighted by atomic mass is 32.2. The third-order valence-corrected chi connectivity index (χ3v) is 2.52. The Balaban J connectivity index is 2.08. The first-order valence-corrected chi connectivity index (χ1v) is 6.19. The second-order valence-corrected chi connectivity index (χ2v) is 4.76. The first-order valence-electron chi connectivity index (χ1n) is 4.64. The van der Waals surface area contributed by atoms with Gasteiger partial charge in [-0.1, -0.05) is 0 Å². The van der Waals surface area contributed by atoms with Crippen LogP contribution in [-0.2, 0) is 10.2 Å². The Bertz CT molecular complexity index is 568. The van der Waals surface area contributed by atoms with Crippen LogP contribution in [0.2, 0.25) is 0 Å². The predicted molar refractivity (Wildman–Crippen MR) is 61.3 cm³/mol. The van der Waals surface area contributed by atoms with Crippen LogP contribution >= 0.6 is 0 Å². The molecule has 0 amide bonds. The monoisotopic (exact) mass is 257 g/mol. The highest BCUT2D eigenvalue weighted by Gasteiger charge is 2.15. The van der Waals surface area contributed by atoms with Gasteiger partial charge in [-0.25, -0.2) is 5.14 Å². The van der Waals surface area contributed by atoms with E-state index in [2.05, 4.69) is 4.72 Å². The molecular formula is C9H11N3O4S. The van der Waals surface area contributed by atoms with Crippen molar-refractivity contribution in [2.75, 3.05) is 12.3 Å². The van der Waals surface area contributed by atoms with Gasteiger partial charge in [0, 0.05) is 11.8 Å². The van der Waals surface area contributed by atoms with Crippen LogP contribution in [0.3, 0.4) is 0 Å². The Labute approximate surface area is 98.2 Å². The molecule has 8 heteroatoms. The summed E-state index contributed by atoms with van der Waals surface area (Å²) in [4.78, 5) is 0. The van der Waals surface area contributed by atoms with Gasteiger partial charge >= 0.3 is 0 Å². The fourth-order valence-corrected chi connectivity index (χ4v) is 1.59. The number of rotatable bonds is 3. The van der Waals surface area contributed by atoms with Crippen molar-refractivity contribution in [1.82, 2.24) is 4.72 Å². The maximum atomic E-state index is 10.7. The van der Waals surface area contributed by atoms with Crippen molar-refractivity contribution < 1.29 is 17.9 Å². The largest absolute Gasteiger partial charge is 0.457 e. The fourth-order valence-electron chi connectivity index (χ4n) is 1.25. The van der Waals surface area contributed by atoms with Gasteiger partial charge < -0.3 is 15.2 Å². The van der Waals surface area contributed by atoms with Crippen molar-refractivity contribution in [3.63, 3.8) is 0 Å². The third kappa shape index (κ3) is 3.09. The molecule has 5 N–H and O–H groups in total. The molecule has 1 aromatic carbocycles. The molecule has 0 saturated carbocycles. The van der Waals surface area contributed by atoms with E-state index >= 15 is 0 Å². The van der Waals surface area contributed by atoms with Crippen LogP contribution < -0.4 is 25.1 Å². The zero-order valence-electron chi connectivity index (χ0n) is 8.71. The Morgan fingerprint density at radius 1 is 1.29 bits per heavy atom. The van der Waals surface area contributed by atoms with Crippen molar-refractivity contribution in [2.45, 2.75) is 0 Å². The second kappa shape index (κ2) is 4.24. The topological polar surface area (TPSA) is 117 Å². The molecule has 1 aliphatic rings. The number of nitrogens with one attached hydrogen (secondary N) is 1. The number of nitrogens with two attached hydrogens (primary N) is 2. The molecule has 0 unspecified atom stereocenters. The molecule has 2 rings (SSSR count). The number of anilines is 1. The molecule has 17 heavy (non-hydrogen) atoms. The standard InChI is InChI=1S/C9H11N3O4S/c10-6-1-2-8-9(3-6)16-7(5-15-8)4-12-17(11,13)14/h1-3,5,12H,4,10H2,(H2,11,13,14). The van der Waals surface area contributed by atoms with E-state index in [-0.39, 0.29) is 12.3 Å². The van der Waals surface area contributed by atoms with Crippen LogP contribution in [0.1, 0.15) is 0 Å². The van der Waals surface area contributed by atoms with Gasteiger partial charge in [0.25, 0.3) is 10.2 Å². The Morgan fingerprint density at radius 3 is 2.76 bits per heavy atom. The summed E-state index contributed by atoms with van der Waals surface area (Å²) in [7, 11) is -3.76. The number of nitrogen functional groups attached to an aromatic ring is 1. The van der Waals surface area contributed by atoms with Gasteiger partial charge in [-0.2, -0.15) is 13.1 Å². The minimum atomic E-state index is -3.76. The molecule has 7 nitrogen and oxygen atoms in total. The summed E-state index contributed by atoms with van der Waals surface area (Å²) >= 11 is 0.